The first kappa shape index (κ1) is 16.2. The van der Waals surface area contributed by atoms with Crippen LogP contribution in [0.5, 0.6) is 11.5 Å². The quantitative estimate of drug-likeness (QED) is 0.439. The summed E-state index contributed by atoms with van der Waals surface area (Å²) in [6, 6.07) is 16.7. The molecular formula is C22H24O3. The molecule has 1 aliphatic heterocycles. The molecule has 0 N–H and O–H groups in total. The van der Waals surface area contributed by atoms with E-state index in [-0.39, 0.29) is 6.10 Å². The summed E-state index contributed by atoms with van der Waals surface area (Å²) in [6.07, 6.45) is 1.34. The molecule has 0 bridgehead atoms. The van der Waals surface area contributed by atoms with Gasteiger partial charge in [-0.15, -0.1) is 0 Å². The summed E-state index contributed by atoms with van der Waals surface area (Å²) in [5, 5.41) is 4.41. The average molecular weight is 336 g/mol. The number of hydrogen-bond donors (Lipinski definition) is 0. The Morgan fingerprint density at radius 3 is 1.84 bits per heavy atom. The largest absolute Gasteiger partial charge is 0.492 e. The minimum absolute atomic E-state index is 0.235. The van der Waals surface area contributed by atoms with Crippen LogP contribution in [0.1, 0.15) is 20.3 Å². The molecule has 2 atom stereocenters. The van der Waals surface area contributed by atoms with Crippen LogP contribution >= 0.6 is 0 Å². The molecule has 1 aliphatic rings. The van der Waals surface area contributed by atoms with Crippen LogP contribution in [0.2, 0.25) is 0 Å². The fraction of sp³-hybridized carbons (Fsp3) is 0.364. The van der Waals surface area contributed by atoms with Crippen molar-refractivity contribution >= 4 is 21.5 Å². The Morgan fingerprint density at radius 1 is 0.920 bits per heavy atom. The predicted molar refractivity (Wildman–Crippen MR) is 102 cm³/mol. The molecule has 0 aromatic heterocycles. The van der Waals surface area contributed by atoms with Gasteiger partial charge in [0.15, 0.2) is 0 Å². The maximum atomic E-state index is 6.30. The summed E-state index contributed by atoms with van der Waals surface area (Å²) in [5.41, 5.74) is 0. The van der Waals surface area contributed by atoms with Crippen LogP contribution in [0.3, 0.4) is 0 Å². The lowest BCUT2D eigenvalue weighted by Crippen LogP contribution is -2.09. The Hall–Kier alpha value is -2.26. The SMILES string of the molecule is CCC(C)COc1c2ccccc2c(OCC2CO2)c2ccccc12. The van der Waals surface area contributed by atoms with E-state index in [9.17, 15) is 0 Å². The summed E-state index contributed by atoms with van der Waals surface area (Å²) < 4.78 is 17.8. The summed E-state index contributed by atoms with van der Waals surface area (Å²) in [7, 11) is 0. The fourth-order valence-corrected chi connectivity index (χ4v) is 3.04. The summed E-state index contributed by atoms with van der Waals surface area (Å²) >= 11 is 0. The minimum atomic E-state index is 0.235. The second kappa shape index (κ2) is 6.93. The zero-order valence-corrected chi connectivity index (χ0v) is 14.8. The van der Waals surface area contributed by atoms with E-state index in [0.717, 1.165) is 52.7 Å². The highest BCUT2D eigenvalue weighted by Crippen LogP contribution is 2.43. The fourth-order valence-electron chi connectivity index (χ4n) is 3.04. The van der Waals surface area contributed by atoms with Crippen LogP contribution in [-0.2, 0) is 4.74 Å². The van der Waals surface area contributed by atoms with Crippen LogP contribution in [0.15, 0.2) is 48.5 Å². The third-order valence-electron chi connectivity index (χ3n) is 4.86. The number of hydrogen-bond acceptors (Lipinski definition) is 3. The van der Waals surface area contributed by atoms with Gasteiger partial charge in [0.1, 0.15) is 24.2 Å². The molecule has 130 valence electrons. The normalized spacial score (nSPS) is 17.6. The van der Waals surface area contributed by atoms with Gasteiger partial charge in [0, 0.05) is 21.5 Å². The molecule has 4 rings (SSSR count). The van der Waals surface area contributed by atoms with E-state index >= 15 is 0 Å². The van der Waals surface area contributed by atoms with Crippen molar-refractivity contribution in [3.8, 4) is 11.5 Å². The zero-order chi connectivity index (χ0) is 17.2. The Bertz CT molecular complexity index is 826. The van der Waals surface area contributed by atoms with Crippen LogP contribution in [0.25, 0.3) is 21.5 Å². The van der Waals surface area contributed by atoms with Crippen molar-refractivity contribution in [1.29, 1.82) is 0 Å². The van der Waals surface area contributed by atoms with Crippen molar-refractivity contribution in [3.05, 3.63) is 48.5 Å². The summed E-state index contributed by atoms with van der Waals surface area (Å²) in [5.74, 6) is 2.42. The van der Waals surface area contributed by atoms with Crippen molar-refractivity contribution < 1.29 is 14.2 Å². The smallest absolute Gasteiger partial charge is 0.135 e. The lowest BCUT2D eigenvalue weighted by atomic mass is 10.0. The summed E-state index contributed by atoms with van der Waals surface area (Å²) in [6.45, 7) is 6.53. The van der Waals surface area contributed by atoms with E-state index in [1.165, 1.54) is 0 Å². The van der Waals surface area contributed by atoms with Crippen molar-refractivity contribution in [3.63, 3.8) is 0 Å². The van der Waals surface area contributed by atoms with E-state index in [2.05, 4.69) is 62.4 Å². The average Bonchev–Trinajstić information content (AvgIpc) is 3.48. The number of rotatable bonds is 7. The third-order valence-corrected chi connectivity index (χ3v) is 4.86. The Morgan fingerprint density at radius 2 is 1.40 bits per heavy atom. The van der Waals surface area contributed by atoms with Gasteiger partial charge in [0.05, 0.1) is 13.2 Å². The molecule has 3 aromatic rings. The highest BCUT2D eigenvalue weighted by molar-refractivity contribution is 6.11. The molecule has 1 heterocycles. The van der Waals surface area contributed by atoms with Gasteiger partial charge in [-0.05, 0) is 5.92 Å². The molecule has 0 aliphatic carbocycles. The highest BCUT2D eigenvalue weighted by atomic mass is 16.6. The molecule has 1 saturated heterocycles. The molecule has 2 unspecified atom stereocenters. The standard InChI is InChI=1S/C22H24O3/c1-3-15(2)12-24-21-17-8-4-6-10-19(17)22(25-14-16-13-23-16)20-11-7-5-9-18(20)21/h4-11,15-16H,3,12-14H2,1-2H3. The molecule has 0 radical (unpaired) electrons. The van der Waals surface area contributed by atoms with E-state index in [4.69, 9.17) is 14.2 Å². The van der Waals surface area contributed by atoms with Crippen molar-refractivity contribution in [1.82, 2.24) is 0 Å². The van der Waals surface area contributed by atoms with Crippen LogP contribution < -0.4 is 9.47 Å². The Balaban J connectivity index is 1.86. The monoisotopic (exact) mass is 336 g/mol. The first-order valence-electron chi connectivity index (χ1n) is 9.08. The number of epoxide rings is 1. The first-order valence-corrected chi connectivity index (χ1v) is 9.08. The van der Waals surface area contributed by atoms with Crippen molar-refractivity contribution in [2.24, 2.45) is 5.92 Å². The lowest BCUT2D eigenvalue weighted by Gasteiger charge is -2.19. The van der Waals surface area contributed by atoms with Gasteiger partial charge in [0.2, 0.25) is 0 Å². The Kier molecular flexibility index (Phi) is 4.50. The maximum Gasteiger partial charge on any atom is 0.135 e. The molecule has 1 fully saturated rings. The second-order valence-corrected chi connectivity index (χ2v) is 6.84. The topological polar surface area (TPSA) is 31.0 Å². The summed E-state index contributed by atoms with van der Waals surface area (Å²) in [4.78, 5) is 0. The van der Waals surface area contributed by atoms with Gasteiger partial charge in [0.25, 0.3) is 0 Å². The van der Waals surface area contributed by atoms with Crippen molar-refractivity contribution in [2.45, 2.75) is 26.4 Å². The van der Waals surface area contributed by atoms with Crippen molar-refractivity contribution in [2.75, 3.05) is 19.8 Å². The number of fused-ring (bicyclic) bond motifs is 2. The molecule has 3 nitrogen and oxygen atoms in total. The molecule has 3 aromatic carbocycles. The highest BCUT2D eigenvalue weighted by Gasteiger charge is 2.24. The molecule has 0 saturated carbocycles. The molecule has 0 amide bonds. The van der Waals surface area contributed by atoms with Gasteiger partial charge >= 0.3 is 0 Å². The minimum Gasteiger partial charge on any atom is -0.492 e. The number of ether oxygens (including phenoxy) is 3. The van der Waals surface area contributed by atoms with Crippen LogP contribution in [0, 0.1) is 5.92 Å². The third kappa shape index (κ3) is 3.29. The first-order chi connectivity index (χ1) is 12.3. The van der Waals surface area contributed by atoms with E-state index in [1.54, 1.807) is 0 Å². The molecule has 3 heteroatoms. The zero-order valence-electron chi connectivity index (χ0n) is 14.8. The lowest BCUT2D eigenvalue weighted by molar-refractivity contribution is 0.260. The van der Waals surface area contributed by atoms with Gasteiger partial charge in [-0.25, -0.2) is 0 Å². The predicted octanol–water partition coefficient (Wildman–Crippen LogP) is 5.20. The van der Waals surface area contributed by atoms with Gasteiger partial charge in [-0.3, -0.25) is 0 Å². The van der Waals surface area contributed by atoms with Gasteiger partial charge in [-0.2, -0.15) is 0 Å². The van der Waals surface area contributed by atoms with E-state index in [0.29, 0.717) is 12.5 Å². The van der Waals surface area contributed by atoms with Crippen LogP contribution in [-0.4, -0.2) is 25.9 Å². The van der Waals surface area contributed by atoms with E-state index < -0.39 is 0 Å². The molecule has 0 spiro atoms. The maximum absolute atomic E-state index is 6.30. The van der Waals surface area contributed by atoms with Gasteiger partial charge in [-0.1, -0.05) is 68.8 Å². The molecule has 25 heavy (non-hydrogen) atoms. The van der Waals surface area contributed by atoms with E-state index in [1.807, 2.05) is 0 Å². The second-order valence-electron chi connectivity index (χ2n) is 6.84. The molecular weight excluding hydrogens is 312 g/mol. The van der Waals surface area contributed by atoms with Gasteiger partial charge < -0.3 is 14.2 Å². The number of benzene rings is 3. The van der Waals surface area contributed by atoms with Crippen LogP contribution in [0.4, 0.5) is 0 Å². The Labute approximate surface area is 148 Å².